The summed E-state index contributed by atoms with van der Waals surface area (Å²) >= 11 is 0. The standard InChI is InChI=1S/C17H30N2O/c1-6-19(12-13-20-7-2)15(4)17(18-5)16-10-8-14(3)9-11-16/h8-11,15,17-18H,6-7,12-13H2,1-5H3. The van der Waals surface area contributed by atoms with E-state index in [-0.39, 0.29) is 0 Å². The van der Waals surface area contributed by atoms with Crippen molar-refractivity contribution < 1.29 is 4.74 Å². The lowest BCUT2D eigenvalue weighted by Gasteiger charge is -2.34. The molecule has 1 N–H and O–H groups in total. The molecule has 3 heteroatoms. The maximum absolute atomic E-state index is 5.49. The largest absolute Gasteiger partial charge is 0.380 e. The highest BCUT2D eigenvalue weighted by Gasteiger charge is 2.22. The van der Waals surface area contributed by atoms with Crippen molar-refractivity contribution in [2.45, 2.75) is 39.8 Å². The second kappa shape index (κ2) is 9.11. The van der Waals surface area contributed by atoms with Crippen LogP contribution in [0.2, 0.25) is 0 Å². The Balaban J connectivity index is 2.73. The van der Waals surface area contributed by atoms with Gasteiger partial charge in [0.15, 0.2) is 0 Å². The lowest BCUT2D eigenvalue weighted by atomic mass is 9.98. The first-order chi connectivity index (χ1) is 9.63. The zero-order valence-electron chi connectivity index (χ0n) is 13.6. The van der Waals surface area contributed by atoms with E-state index in [2.05, 4.69) is 55.3 Å². The van der Waals surface area contributed by atoms with Gasteiger partial charge in [-0.25, -0.2) is 0 Å². The van der Waals surface area contributed by atoms with Gasteiger partial charge in [-0.05, 0) is 39.9 Å². The first kappa shape index (κ1) is 17.2. The van der Waals surface area contributed by atoms with Gasteiger partial charge in [-0.3, -0.25) is 4.90 Å². The van der Waals surface area contributed by atoms with Crippen molar-refractivity contribution in [3.8, 4) is 0 Å². The van der Waals surface area contributed by atoms with Gasteiger partial charge in [0.1, 0.15) is 0 Å². The number of nitrogens with zero attached hydrogens (tertiary/aromatic N) is 1. The van der Waals surface area contributed by atoms with Gasteiger partial charge in [-0.15, -0.1) is 0 Å². The highest BCUT2D eigenvalue weighted by molar-refractivity contribution is 5.25. The van der Waals surface area contributed by atoms with Crippen LogP contribution < -0.4 is 5.32 Å². The molecular weight excluding hydrogens is 248 g/mol. The molecule has 0 saturated carbocycles. The summed E-state index contributed by atoms with van der Waals surface area (Å²) in [5.41, 5.74) is 2.65. The van der Waals surface area contributed by atoms with Crippen LogP contribution in [-0.4, -0.2) is 44.3 Å². The predicted molar refractivity (Wildman–Crippen MR) is 86.2 cm³/mol. The van der Waals surface area contributed by atoms with Gasteiger partial charge < -0.3 is 10.1 Å². The van der Waals surface area contributed by atoms with Crippen molar-refractivity contribution in [1.82, 2.24) is 10.2 Å². The van der Waals surface area contributed by atoms with Crippen molar-refractivity contribution in [3.63, 3.8) is 0 Å². The van der Waals surface area contributed by atoms with Crippen LogP contribution in [0.3, 0.4) is 0 Å². The zero-order valence-corrected chi connectivity index (χ0v) is 13.6. The molecule has 0 radical (unpaired) electrons. The van der Waals surface area contributed by atoms with Crippen molar-refractivity contribution in [2.24, 2.45) is 0 Å². The number of aryl methyl sites for hydroxylation is 1. The SMILES string of the molecule is CCOCCN(CC)C(C)C(NC)c1ccc(C)cc1. The summed E-state index contributed by atoms with van der Waals surface area (Å²) in [4.78, 5) is 2.47. The van der Waals surface area contributed by atoms with Crippen molar-refractivity contribution in [1.29, 1.82) is 0 Å². The Bertz CT molecular complexity index is 364. The summed E-state index contributed by atoms with van der Waals surface area (Å²) in [7, 11) is 2.04. The van der Waals surface area contributed by atoms with E-state index < -0.39 is 0 Å². The first-order valence-electron chi connectivity index (χ1n) is 7.69. The highest BCUT2D eigenvalue weighted by atomic mass is 16.5. The fourth-order valence-electron chi connectivity index (χ4n) is 2.65. The quantitative estimate of drug-likeness (QED) is 0.703. The average Bonchev–Trinajstić information content (AvgIpc) is 2.46. The molecule has 0 aliphatic heterocycles. The molecule has 0 aromatic heterocycles. The van der Waals surface area contributed by atoms with E-state index in [1.165, 1.54) is 11.1 Å². The van der Waals surface area contributed by atoms with Crippen molar-refractivity contribution >= 4 is 0 Å². The summed E-state index contributed by atoms with van der Waals surface area (Å²) < 4.78 is 5.49. The molecular formula is C17H30N2O. The lowest BCUT2D eigenvalue weighted by molar-refractivity contribution is 0.0909. The summed E-state index contributed by atoms with van der Waals surface area (Å²) in [6, 6.07) is 9.60. The number of likely N-dealkylation sites (N-methyl/N-ethyl adjacent to an activating group) is 2. The van der Waals surface area contributed by atoms with Gasteiger partial charge in [0.2, 0.25) is 0 Å². The van der Waals surface area contributed by atoms with Gasteiger partial charge in [0.25, 0.3) is 0 Å². The molecule has 1 rings (SSSR count). The lowest BCUT2D eigenvalue weighted by Crippen LogP contribution is -2.43. The van der Waals surface area contributed by atoms with E-state index in [1.807, 2.05) is 14.0 Å². The Morgan fingerprint density at radius 1 is 1.20 bits per heavy atom. The van der Waals surface area contributed by atoms with E-state index in [0.29, 0.717) is 12.1 Å². The van der Waals surface area contributed by atoms with Gasteiger partial charge in [0, 0.05) is 25.2 Å². The smallest absolute Gasteiger partial charge is 0.0593 e. The van der Waals surface area contributed by atoms with Crippen LogP contribution in [0.1, 0.15) is 37.9 Å². The third-order valence-electron chi connectivity index (χ3n) is 3.94. The Morgan fingerprint density at radius 3 is 2.35 bits per heavy atom. The number of nitrogens with one attached hydrogen (secondary N) is 1. The molecule has 0 amide bonds. The summed E-state index contributed by atoms with van der Waals surface area (Å²) in [6.45, 7) is 12.3. The minimum atomic E-state index is 0.345. The van der Waals surface area contributed by atoms with Crippen LogP contribution >= 0.6 is 0 Å². The van der Waals surface area contributed by atoms with Crippen molar-refractivity contribution in [3.05, 3.63) is 35.4 Å². The van der Waals surface area contributed by atoms with Crippen LogP contribution in [0.15, 0.2) is 24.3 Å². The second-order valence-electron chi connectivity index (χ2n) is 5.24. The topological polar surface area (TPSA) is 24.5 Å². The molecule has 114 valence electrons. The van der Waals surface area contributed by atoms with Gasteiger partial charge in [-0.1, -0.05) is 36.8 Å². The van der Waals surface area contributed by atoms with Crippen LogP contribution in [0.25, 0.3) is 0 Å². The van der Waals surface area contributed by atoms with Crippen LogP contribution in [0.5, 0.6) is 0 Å². The molecule has 0 fully saturated rings. The molecule has 0 saturated heterocycles. The van der Waals surface area contributed by atoms with Gasteiger partial charge in [-0.2, -0.15) is 0 Å². The number of ether oxygens (including phenoxy) is 1. The van der Waals surface area contributed by atoms with Crippen molar-refractivity contribution in [2.75, 3.05) is 33.4 Å². The third-order valence-corrected chi connectivity index (χ3v) is 3.94. The van der Waals surface area contributed by atoms with E-state index in [9.17, 15) is 0 Å². The Hall–Kier alpha value is -0.900. The molecule has 2 unspecified atom stereocenters. The molecule has 1 aromatic rings. The summed E-state index contributed by atoms with van der Waals surface area (Å²) in [6.07, 6.45) is 0. The maximum Gasteiger partial charge on any atom is 0.0593 e. The molecule has 0 aliphatic carbocycles. The minimum absolute atomic E-state index is 0.345. The number of rotatable bonds is 9. The monoisotopic (exact) mass is 278 g/mol. The number of hydrogen-bond acceptors (Lipinski definition) is 3. The highest BCUT2D eigenvalue weighted by Crippen LogP contribution is 2.21. The Morgan fingerprint density at radius 2 is 1.85 bits per heavy atom. The number of benzene rings is 1. The molecule has 3 nitrogen and oxygen atoms in total. The van der Waals surface area contributed by atoms with E-state index in [1.54, 1.807) is 0 Å². The average molecular weight is 278 g/mol. The van der Waals surface area contributed by atoms with Crippen LogP contribution in [0.4, 0.5) is 0 Å². The van der Waals surface area contributed by atoms with Crippen LogP contribution in [-0.2, 0) is 4.74 Å². The van der Waals surface area contributed by atoms with Gasteiger partial charge >= 0.3 is 0 Å². The predicted octanol–water partition coefficient (Wildman–Crippen LogP) is 3.00. The van der Waals surface area contributed by atoms with E-state index in [4.69, 9.17) is 4.74 Å². The summed E-state index contributed by atoms with van der Waals surface area (Å²) in [5.74, 6) is 0. The zero-order chi connectivity index (χ0) is 15.0. The fraction of sp³-hybridized carbons (Fsp3) is 0.647. The minimum Gasteiger partial charge on any atom is -0.380 e. The normalized spacial score (nSPS) is 14.5. The fourth-order valence-corrected chi connectivity index (χ4v) is 2.65. The molecule has 2 atom stereocenters. The van der Waals surface area contributed by atoms with Gasteiger partial charge in [0.05, 0.1) is 6.61 Å². The molecule has 0 bridgehead atoms. The van der Waals surface area contributed by atoms with E-state index >= 15 is 0 Å². The summed E-state index contributed by atoms with van der Waals surface area (Å²) in [5, 5.41) is 3.46. The molecule has 0 aliphatic rings. The maximum atomic E-state index is 5.49. The molecule has 0 heterocycles. The Kier molecular flexibility index (Phi) is 7.82. The number of hydrogen-bond donors (Lipinski definition) is 1. The molecule has 0 spiro atoms. The second-order valence-corrected chi connectivity index (χ2v) is 5.24. The third kappa shape index (κ3) is 4.89. The first-order valence-corrected chi connectivity index (χ1v) is 7.69. The van der Waals surface area contributed by atoms with Crippen LogP contribution in [0, 0.1) is 6.92 Å². The molecule has 20 heavy (non-hydrogen) atoms. The molecule has 1 aromatic carbocycles. The van der Waals surface area contributed by atoms with E-state index in [0.717, 1.165) is 26.3 Å². The Labute approximate surface area is 124 Å².